The molecule has 10 heteroatoms. The quantitative estimate of drug-likeness (QED) is 0.459. The maximum atomic E-state index is 12.5. The van der Waals surface area contributed by atoms with Crippen molar-refractivity contribution < 1.29 is 22.6 Å². The zero-order valence-electron chi connectivity index (χ0n) is 17.5. The molecule has 0 saturated carbocycles. The molecule has 30 heavy (non-hydrogen) atoms. The highest BCUT2D eigenvalue weighted by molar-refractivity contribution is 7.09. The van der Waals surface area contributed by atoms with Gasteiger partial charge in [0.2, 0.25) is 0 Å². The molecule has 1 heterocycles. The number of aliphatic imine (C=N–C) groups is 1. The minimum atomic E-state index is -4.39. The van der Waals surface area contributed by atoms with Gasteiger partial charge in [0.1, 0.15) is 16.9 Å². The third kappa shape index (κ3) is 7.49. The minimum Gasteiger partial charge on any atom is -0.484 e. The SMILES string of the molecule is CCNC(=NCc1ccccc1OCC(F)(F)F)N(C)Cc1csc(C(C)OC)n1. The fourth-order valence-corrected chi connectivity index (χ4v) is 3.41. The number of aromatic nitrogens is 1. The van der Waals surface area contributed by atoms with Crippen molar-refractivity contribution >= 4 is 17.3 Å². The van der Waals surface area contributed by atoms with Crippen LogP contribution >= 0.6 is 11.3 Å². The topological polar surface area (TPSA) is 59.0 Å². The molecule has 2 rings (SSSR count). The van der Waals surface area contributed by atoms with Gasteiger partial charge >= 0.3 is 6.18 Å². The molecule has 0 aliphatic carbocycles. The van der Waals surface area contributed by atoms with Crippen LogP contribution in [0, 0.1) is 0 Å². The number of ether oxygens (including phenoxy) is 2. The normalized spacial score (nSPS) is 13.2. The molecule has 1 N–H and O–H groups in total. The predicted molar refractivity (Wildman–Crippen MR) is 112 cm³/mol. The van der Waals surface area contributed by atoms with Gasteiger partial charge in [-0.1, -0.05) is 18.2 Å². The summed E-state index contributed by atoms with van der Waals surface area (Å²) in [6.07, 6.45) is -4.46. The Kier molecular flexibility index (Phi) is 8.91. The van der Waals surface area contributed by atoms with E-state index in [1.807, 2.05) is 31.2 Å². The zero-order chi connectivity index (χ0) is 22.1. The van der Waals surface area contributed by atoms with Crippen molar-refractivity contribution in [2.45, 2.75) is 39.2 Å². The number of hydrogen-bond acceptors (Lipinski definition) is 5. The number of methoxy groups -OCH3 is 1. The monoisotopic (exact) mass is 444 g/mol. The number of benzene rings is 1. The van der Waals surface area contributed by atoms with Gasteiger partial charge in [-0.15, -0.1) is 11.3 Å². The lowest BCUT2D eigenvalue weighted by Crippen LogP contribution is -2.38. The van der Waals surface area contributed by atoms with Crippen LogP contribution in [0.5, 0.6) is 5.75 Å². The molecule has 1 atom stereocenters. The number of halogens is 3. The number of para-hydroxylation sites is 1. The molecule has 1 aromatic heterocycles. The molecule has 6 nitrogen and oxygen atoms in total. The van der Waals surface area contributed by atoms with Crippen molar-refractivity contribution in [3.63, 3.8) is 0 Å². The van der Waals surface area contributed by atoms with Crippen LogP contribution in [0.4, 0.5) is 13.2 Å². The highest BCUT2D eigenvalue weighted by Gasteiger charge is 2.28. The Labute approximate surface area is 178 Å². The zero-order valence-corrected chi connectivity index (χ0v) is 18.3. The van der Waals surface area contributed by atoms with E-state index < -0.39 is 12.8 Å². The second kappa shape index (κ2) is 11.2. The van der Waals surface area contributed by atoms with Crippen LogP contribution in [0.25, 0.3) is 0 Å². The Hall–Kier alpha value is -2.33. The van der Waals surface area contributed by atoms with E-state index in [9.17, 15) is 13.2 Å². The molecule has 1 unspecified atom stereocenters. The number of guanidine groups is 1. The van der Waals surface area contributed by atoms with E-state index >= 15 is 0 Å². The third-order valence-electron chi connectivity index (χ3n) is 4.13. The standard InChI is InChI=1S/C20H27F3N4O2S/c1-5-24-19(27(3)11-16-12-30-18(26-16)14(2)28-4)25-10-15-8-6-7-9-17(15)29-13-20(21,22)23/h6-9,12,14H,5,10-11,13H2,1-4H3,(H,24,25). The van der Waals surface area contributed by atoms with Crippen LogP contribution in [0.2, 0.25) is 0 Å². The second-order valence-corrected chi connectivity index (χ2v) is 7.48. The molecule has 2 aromatic rings. The summed E-state index contributed by atoms with van der Waals surface area (Å²) in [7, 11) is 3.52. The minimum absolute atomic E-state index is 0.0656. The summed E-state index contributed by atoms with van der Waals surface area (Å²) in [5.74, 6) is 0.798. The Balaban J connectivity index is 2.09. The summed E-state index contributed by atoms with van der Waals surface area (Å²) in [5, 5.41) is 6.07. The van der Waals surface area contributed by atoms with Crippen molar-refractivity contribution in [2.75, 3.05) is 27.3 Å². The van der Waals surface area contributed by atoms with Crippen molar-refractivity contribution in [2.24, 2.45) is 4.99 Å². The molecule has 0 spiro atoms. The second-order valence-electron chi connectivity index (χ2n) is 6.59. The average molecular weight is 445 g/mol. The summed E-state index contributed by atoms with van der Waals surface area (Å²) in [5.41, 5.74) is 1.47. The Morgan fingerprint density at radius 1 is 1.33 bits per heavy atom. The lowest BCUT2D eigenvalue weighted by atomic mass is 10.2. The number of nitrogens with zero attached hydrogens (tertiary/aromatic N) is 3. The summed E-state index contributed by atoms with van der Waals surface area (Å²) in [6, 6.07) is 6.60. The van der Waals surface area contributed by atoms with Gasteiger partial charge in [-0.3, -0.25) is 0 Å². The molecule has 1 aromatic carbocycles. The summed E-state index contributed by atoms with van der Waals surface area (Å²) in [4.78, 5) is 11.1. The third-order valence-corrected chi connectivity index (χ3v) is 5.18. The average Bonchev–Trinajstić information content (AvgIpc) is 3.17. The Bertz CT molecular complexity index is 826. The Morgan fingerprint density at radius 3 is 2.73 bits per heavy atom. The van der Waals surface area contributed by atoms with E-state index in [-0.39, 0.29) is 18.4 Å². The van der Waals surface area contributed by atoms with Gasteiger partial charge in [0.05, 0.1) is 18.8 Å². The summed E-state index contributed by atoms with van der Waals surface area (Å²) < 4.78 is 47.7. The van der Waals surface area contributed by atoms with Crippen molar-refractivity contribution in [3.05, 3.63) is 45.9 Å². The number of rotatable bonds is 9. The molecule has 0 radical (unpaired) electrons. The first-order valence-electron chi connectivity index (χ1n) is 9.47. The lowest BCUT2D eigenvalue weighted by Gasteiger charge is -2.21. The number of thiazole rings is 1. The van der Waals surface area contributed by atoms with Gasteiger partial charge in [0.15, 0.2) is 12.6 Å². The molecule has 166 valence electrons. The van der Waals surface area contributed by atoms with Gasteiger partial charge < -0.3 is 19.7 Å². The summed E-state index contributed by atoms with van der Waals surface area (Å²) in [6.45, 7) is 3.92. The van der Waals surface area contributed by atoms with Gasteiger partial charge in [-0.2, -0.15) is 13.2 Å². The largest absolute Gasteiger partial charge is 0.484 e. The van der Waals surface area contributed by atoms with Crippen LogP contribution in [-0.2, 0) is 17.8 Å². The van der Waals surface area contributed by atoms with Gasteiger partial charge in [-0.25, -0.2) is 9.98 Å². The highest BCUT2D eigenvalue weighted by atomic mass is 32.1. The molecule has 0 fully saturated rings. The van der Waals surface area contributed by atoms with Crippen LogP contribution in [-0.4, -0.2) is 49.3 Å². The van der Waals surface area contributed by atoms with E-state index in [4.69, 9.17) is 9.47 Å². The summed E-state index contributed by atoms with van der Waals surface area (Å²) >= 11 is 1.54. The first-order chi connectivity index (χ1) is 14.2. The fraction of sp³-hybridized carbons (Fsp3) is 0.500. The molecule has 0 aliphatic rings. The van der Waals surface area contributed by atoms with Crippen LogP contribution in [0.1, 0.15) is 36.2 Å². The van der Waals surface area contributed by atoms with Crippen LogP contribution < -0.4 is 10.1 Å². The van der Waals surface area contributed by atoms with Crippen LogP contribution in [0.3, 0.4) is 0 Å². The Morgan fingerprint density at radius 2 is 2.07 bits per heavy atom. The maximum absolute atomic E-state index is 12.5. The molecule has 0 saturated heterocycles. The molecule has 0 bridgehead atoms. The maximum Gasteiger partial charge on any atom is 0.422 e. The van der Waals surface area contributed by atoms with Crippen LogP contribution in [0.15, 0.2) is 34.6 Å². The molecular weight excluding hydrogens is 417 g/mol. The first-order valence-corrected chi connectivity index (χ1v) is 10.4. The molecule has 0 aliphatic heterocycles. The van der Waals surface area contributed by atoms with E-state index in [0.29, 0.717) is 24.6 Å². The lowest BCUT2D eigenvalue weighted by molar-refractivity contribution is -0.153. The predicted octanol–water partition coefficient (Wildman–Crippen LogP) is 4.39. The van der Waals surface area contributed by atoms with Gasteiger partial charge in [0.25, 0.3) is 0 Å². The van der Waals surface area contributed by atoms with E-state index in [1.54, 1.807) is 25.3 Å². The van der Waals surface area contributed by atoms with E-state index in [2.05, 4.69) is 15.3 Å². The van der Waals surface area contributed by atoms with Gasteiger partial charge in [-0.05, 0) is 19.9 Å². The van der Waals surface area contributed by atoms with Crippen molar-refractivity contribution in [3.8, 4) is 5.75 Å². The molecular formula is C20H27F3N4O2S. The molecule has 0 amide bonds. The first kappa shape index (κ1) is 23.9. The number of hydrogen-bond donors (Lipinski definition) is 1. The highest BCUT2D eigenvalue weighted by Crippen LogP contribution is 2.23. The van der Waals surface area contributed by atoms with E-state index in [1.165, 1.54) is 17.4 Å². The van der Waals surface area contributed by atoms with Crippen molar-refractivity contribution in [1.82, 2.24) is 15.2 Å². The van der Waals surface area contributed by atoms with E-state index in [0.717, 1.165) is 10.7 Å². The fourth-order valence-electron chi connectivity index (χ4n) is 2.57. The van der Waals surface area contributed by atoms with Crippen molar-refractivity contribution in [1.29, 1.82) is 0 Å². The number of alkyl halides is 3. The number of nitrogens with one attached hydrogen (secondary N) is 1. The smallest absolute Gasteiger partial charge is 0.422 e. The van der Waals surface area contributed by atoms with Gasteiger partial charge in [0, 0.05) is 31.6 Å².